The Labute approximate surface area is 234 Å². The van der Waals surface area contributed by atoms with Crippen molar-refractivity contribution in [3.05, 3.63) is 94.4 Å². The van der Waals surface area contributed by atoms with Crippen molar-refractivity contribution >= 4 is 5.91 Å². The normalized spacial score (nSPS) is 14.5. The van der Waals surface area contributed by atoms with Crippen LogP contribution < -0.4 is 10.9 Å². The van der Waals surface area contributed by atoms with E-state index in [9.17, 15) is 22.4 Å². The molecule has 0 bridgehead atoms. The highest BCUT2D eigenvalue weighted by Crippen LogP contribution is 2.42. The van der Waals surface area contributed by atoms with Crippen molar-refractivity contribution < 1.29 is 22.4 Å². The minimum Gasteiger partial charge on any atom is -0.345 e. The second kappa shape index (κ2) is 10.7. The third-order valence-electron chi connectivity index (χ3n) is 7.45. The lowest BCUT2D eigenvalue weighted by Crippen LogP contribution is -2.30. The SMILES string of the molecule is Cc1cc(C(NC(=O)c2cc(Cn3ccn(C)c3=N)cc(-c3cn(C(C)C)nc3C(F)(F)F)c2)C2CC2)ccc1F. The summed E-state index contributed by atoms with van der Waals surface area (Å²) in [5, 5.41) is 15.2. The van der Waals surface area contributed by atoms with Gasteiger partial charge in [-0.15, -0.1) is 0 Å². The number of rotatable bonds is 8. The number of aromatic nitrogens is 4. The van der Waals surface area contributed by atoms with E-state index in [2.05, 4.69) is 10.4 Å². The van der Waals surface area contributed by atoms with Crippen molar-refractivity contribution in [1.29, 1.82) is 5.41 Å². The molecule has 7 nitrogen and oxygen atoms in total. The van der Waals surface area contributed by atoms with Gasteiger partial charge < -0.3 is 14.5 Å². The Morgan fingerprint density at radius 3 is 2.46 bits per heavy atom. The summed E-state index contributed by atoms with van der Waals surface area (Å²) in [6.45, 7) is 5.32. The van der Waals surface area contributed by atoms with Crippen LogP contribution in [0.2, 0.25) is 0 Å². The summed E-state index contributed by atoms with van der Waals surface area (Å²) in [6.07, 6.45) is 1.88. The minimum atomic E-state index is -4.70. The third-order valence-corrected chi connectivity index (χ3v) is 7.45. The van der Waals surface area contributed by atoms with Crippen molar-refractivity contribution in [3.63, 3.8) is 0 Å². The molecule has 1 saturated carbocycles. The highest BCUT2D eigenvalue weighted by atomic mass is 19.4. The molecule has 1 fully saturated rings. The average Bonchev–Trinajstić information content (AvgIpc) is 3.56. The monoisotopic (exact) mass is 568 g/mol. The number of nitrogens with zero attached hydrogens (tertiary/aromatic N) is 4. The topological polar surface area (TPSA) is 80.6 Å². The lowest BCUT2D eigenvalue weighted by Gasteiger charge is -2.20. The minimum absolute atomic E-state index is 0.126. The van der Waals surface area contributed by atoms with Crippen molar-refractivity contribution in [3.8, 4) is 11.1 Å². The van der Waals surface area contributed by atoms with Crippen LogP contribution in [0.3, 0.4) is 0 Å². The highest BCUT2D eigenvalue weighted by Gasteiger charge is 2.38. The van der Waals surface area contributed by atoms with Crippen LogP contribution in [0.4, 0.5) is 17.6 Å². The van der Waals surface area contributed by atoms with Gasteiger partial charge in [0.05, 0.1) is 12.6 Å². The van der Waals surface area contributed by atoms with E-state index < -0.39 is 17.8 Å². The molecule has 1 aliphatic carbocycles. The zero-order valence-electron chi connectivity index (χ0n) is 23.3. The molecule has 1 unspecified atom stereocenters. The van der Waals surface area contributed by atoms with Gasteiger partial charge in [0, 0.05) is 42.8 Å². The molecule has 0 aliphatic heterocycles. The number of imidazole rings is 1. The molecule has 216 valence electrons. The molecule has 2 N–H and O–H groups in total. The molecule has 2 heterocycles. The first kappa shape index (κ1) is 28.4. The Morgan fingerprint density at radius 2 is 1.88 bits per heavy atom. The molecule has 2 aromatic carbocycles. The molecule has 1 amide bonds. The van der Waals surface area contributed by atoms with Crippen LogP contribution in [0.25, 0.3) is 11.1 Å². The number of carbonyl (C=O) groups is 1. The Kier molecular flexibility index (Phi) is 7.39. The molecule has 2 aromatic heterocycles. The van der Waals surface area contributed by atoms with Gasteiger partial charge in [-0.3, -0.25) is 14.9 Å². The first-order valence-electron chi connectivity index (χ1n) is 13.5. The summed E-state index contributed by atoms with van der Waals surface area (Å²) >= 11 is 0. The van der Waals surface area contributed by atoms with E-state index in [1.165, 1.54) is 23.0 Å². The summed E-state index contributed by atoms with van der Waals surface area (Å²) in [5.41, 5.74) is 1.26. The van der Waals surface area contributed by atoms with Crippen LogP contribution in [0.1, 0.15) is 71.5 Å². The zero-order valence-corrected chi connectivity index (χ0v) is 23.3. The molecule has 11 heteroatoms. The van der Waals surface area contributed by atoms with Gasteiger partial charge in [0.15, 0.2) is 5.69 Å². The fourth-order valence-corrected chi connectivity index (χ4v) is 4.98. The molecule has 1 atom stereocenters. The number of amides is 1. The van der Waals surface area contributed by atoms with Crippen molar-refractivity contribution in [2.75, 3.05) is 0 Å². The maximum absolute atomic E-state index is 14.1. The van der Waals surface area contributed by atoms with Crippen LogP contribution >= 0.6 is 0 Å². The van der Waals surface area contributed by atoms with Gasteiger partial charge in [0.1, 0.15) is 5.82 Å². The number of alkyl halides is 3. The van der Waals surface area contributed by atoms with Gasteiger partial charge >= 0.3 is 6.18 Å². The number of nitrogens with one attached hydrogen (secondary N) is 2. The predicted molar refractivity (Wildman–Crippen MR) is 145 cm³/mol. The summed E-state index contributed by atoms with van der Waals surface area (Å²) in [5.74, 6) is -0.583. The standard InChI is InChI=1S/C30H32F4N6O/c1-17(2)40-16-24(27(37-40)30(32,33)34)22-12-19(15-39-10-9-38(4)29(39)35)13-23(14-22)28(41)36-26(20-5-6-20)21-7-8-25(31)18(3)11-21/h7-14,16-17,20,26,35H,5-6,15H2,1-4H3,(H,36,41). The summed E-state index contributed by atoms with van der Waals surface area (Å²) in [6, 6.07) is 8.79. The van der Waals surface area contributed by atoms with Crippen LogP contribution in [-0.2, 0) is 19.8 Å². The summed E-state index contributed by atoms with van der Waals surface area (Å²) in [7, 11) is 1.72. The molecular formula is C30H32F4N6O. The Bertz CT molecular complexity index is 1660. The first-order valence-corrected chi connectivity index (χ1v) is 13.5. The second-order valence-corrected chi connectivity index (χ2v) is 11.0. The van der Waals surface area contributed by atoms with Crippen molar-refractivity contribution in [1.82, 2.24) is 24.2 Å². The maximum atomic E-state index is 14.1. The summed E-state index contributed by atoms with van der Waals surface area (Å²) < 4.78 is 60.7. The highest BCUT2D eigenvalue weighted by molar-refractivity contribution is 5.96. The molecule has 1 aliphatic rings. The van der Waals surface area contributed by atoms with E-state index in [-0.39, 0.29) is 52.7 Å². The van der Waals surface area contributed by atoms with E-state index in [4.69, 9.17) is 5.41 Å². The largest absolute Gasteiger partial charge is 0.435 e. The van der Waals surface area contributed by atoms with Crippen molar-refractivity contribution in [2.45, 2.75) is 58.4 Å². The average molecular weight is 569 g/mol. The molecule has 5 rings (SSSR count). The van der Waals surface area contributed by atoms with Gasteiger partial charge in [-0.1, -0.05) is 12.1 Å². The van der Waals surface area contributed by atoms with Gasteiger partial charge in [0.25, 0.3) is 5.91 Å². The van der Waals surface area contributed by atoms with Gasteiger partial charge in [-0.2, -0.15) is 18.3 Å². The van der Waals surface area contributed by atoms with Crippen molar-refractivity contribution in [2.24, 2.45) is 13.0 Å². The molecule has 0 radical (unpaired) electrons. The Morgan fingerprint density at radius 1 is 1.15 bits per heavy atom. The fraction of sp³-hybridized carbons (Fsp3) is 0.367. The lowest BCUT2D eigenvalue weighted by atomic mass is 9.97. The number of carbonyl (C=O) groups excluding carboxylic acids is 1. The van der Waals surface area contributed by atoms with Gasteiger partial charge in [-0.25, -0.2) is 4.39 Å². The zero-order chi connectivity index (χ0) is 29.6. The molecule has 0 spiro atoms. The quantitative estimate of drug-likeness (QED) is 0.250. The number of benzene rings is 2. The van der Waals surface area contributed by atoms with Crippen LogP contribution in [0, 0.1) is 24.1 Å². The lowest BCUT2D eigenvalue weighted by molar-refractivity contribution is -0.141. The van der Waals surface area contributed by atoms with Gasteiger partial charge in [-0.05, 0) is 86.1 Å². The van der Waals surface area contributed by atoms with E-state index in [1.807, 2.05) is 0 Å². The maximum Gasteiger partial charge on any atom is 0.435 e. The number of aryl methyl sites for hydroxylation is 2. The smallest absolute Gasteiger partial charge is 0.345 e. The van der Waals surface area contributed by atoms with Gasteiger partial charge in [0.2, 0.25) is 5.62 Å². The molecule has 4 aromatic rings. The van der Waals surface area contributed by atoms with E-state index in [0.717, 1.165) is 18.4 Å². The first-order chi connectivity index (χ1) is 19.3. The second-order valence-electron chi connectivity index (χ2n) is 11.0. The summed E-state index contributed by atoms with van der Waals surface area (Å²) in [4.78, 5) is 13.7. The number of hydrogen-bond donors (Lipinski definition) is 2. The predicted octanol–water partition coefficient (Wildman–Crippen LogP) is 6.15. The van der Waals surface area contributed by atoms with Crippen LogP contribution in [0.5, 0.6) is 0 Å². The Balaban J connectivity index is 1.58. The molecule has 0 saturated heterocycles. The Hall–Kier alpha value is -4.15. The molecular weight excluding hydrogens is 536 g/mol. The van der Waals surface area contributed by atoms with E-state index in [0.29, 0.717) is 11.1 Å². The fourth-order valence-electron chi connectivity index (χ4n) is 4.98. The number of hydrogen-bond acceptors (Lipinski definition) is 3. The van der Waals surface area contributed by atoms with E-state index >= 15 is 0 Å². The third kappa shape index (κ3) is 5.98. The molecule has 41 heavy (non-hydrogen) atoms. The van der Waals surface area contributed by atoms with Crippen LogP contribution in [0.15, 0.2) is 55.0 Å². The van der Waals surface area contributed by atoms with E-state index in [1.54, 1.807) is 73.6 Å². The van der Waals surface area contributed by atoms with Crippen LogP contribution in [-0.4, -0.2) is 24.8 Å². The number of halogens is 4.